The quantitative estimate of drug-likeness (QED) is 0.442. The second-order valence-corrected chi connectivity index (χ2v) is 2.43. The first-order valence-electron chi connectivity index (χ1n) is 3.77. The summed E-state index contributed by atoms with van der Waals surface area (Å²) < 4.78 is 9.08. The summed E-state index contributed by atoms with van der Waals surface area (Å²) in [5, 5.41) is 8.27. The average molecular weight is 196 g/mol. The minimum absolute atomic E-state index is 0.174. The van der Waals surface area contributed by atoms with Crippen LogP contribution in [0.4, 0.5) is 4.79 Å². The lowest BCUT2D eigenvalue weighted by Crippen LogP contribution is -2.03. The van der Waals surface area contributed by atoms with Crippen molar-refractivity contribution in [2.75, 3.05) is 0 Å². The van der Waals surface area contributed by atoms with Crippen LogP contribution in [0.1, 0.15) is 6.92 Å². The molecule has 0 bridgehead atoms. The lowest BCUT2D eigenvalue weighted by molar-refractivity contribution is -0.131. The first-order valence-corrected chi connectivity index (χ1v) is 3.77. The van der Waals surface area contributed by atoms with Crippen LogP contribution in [0, 0.1) is 0 Å². The van der Waals surface area contributed by atoms with E-state index in [1.807, 2.05) is 0 Å². The lowest BCUT2D eigenvalue weighted by Gasteiger charge is -2.02. The van der Waals surface area contributed by atoms with Crippen LogP contribution in [0.5, 0.6) is 11.5 Å². The number of hydrogen-bond acceptors (Lipinski definition) is 4. The second kappa shape index (κ2) is 4.27. The summed E-state index contributed by atoms with van der Waals surface area (Å²) in [6, 6.07) is 5.68. The molecule has 0 spiro atoms. The third-order valence-corrected chi connectivity index (χ3v) is 1.29. The molecular formula is C9H8O5. The number of rotatable bonds is 2. The summed E-state index contributed by atoms with van der Waals surface area (Å²) in [5.74, 6) is 0.0838. The molecule has 1 aromatic rings. The fraction of sp³-hybridized carbons (Fsp3) is 0.111. The number of ether oxygens (including phenoxy) is 2. The van der Waals surface area contributed by atoms with Gasteiger partial charge in [0.1, 0.15) is 11.5 Å². The summed E-state index contributed by atoms with van der Waals surface area (Å²) in [7, 11) is 0. The Hall–Kier alpha value is -2.04. The van der Waals surface area contributed by atoms with E-state index in [9.17, 15) is 9.59 Å². The van der Waals surface area contributed by atoms with E-state index in [0.29, 0.717) is 5.75 Å². The molecular weight excluding hydrogens is 188 g/mol. The molecule has 74 valence electrons. The van der Waals surface area contributed by atoms with Crippen molar-refractivity contribution in [3.05, 3.63) is 24.3 Å². The van der Waals surface area contributed by atoms with Crippen LogP contribution in [-0.2, 0) is 4.79 Å². The summed E-state index contributed by atoms with van der Waals surface area (Å²) in [6.45, 7) is 1.28. The molecule has 1 N–H and O–H groups in total. The number of benzene rings is 1. The summed E-state index contributed by atoms with van der Waals surface area (Å²) in [5.41, 5.74) is 0. The molecule has 5 heteroatoms. The van der Waals surface area contributed by atoms with E-state index in [1.165, 1.54) is 31.2 Å². The molecule has 0 fully saturated rings. The van der Waals surface area contributed by atoms with E-state index in [2.05, 4.69) is 4.74 Å². The Labute approximate surface area is 79.9 Å². The predicted octanol–water partition coefficient (Wildman–Crippen LogP) is 1.67. The highest BCUT2D eigenvalue weighted by Gasteiger charge is 2.01. The largest absolute Gasteiger partial charge is 0.511 e. The maximum absolute atomic E-state index is 10.5. The van der Waals surface area contributed by atoms with Crippen molar-refractivity contribution in [3.63, 3.8) is 0 Å². The highest BCUT2D eigenvalue weighted by Crippen LogP contribution is 2.17. The highest BCUT2D eigenvalue weighted by molar-refractivity contribution is 5.69. The molecule has 0 saturated heterocycles. The van der Waals surface area contributed by atoms with Gasteiger partial charge in [0.15, 0.2) is 0 Å². The molecule has 0 heterocycles. The maximum atomic E-state index is 10.5. The molecule has 0 aliphatic rings. The number of hydrogen-bond donors (Lipinski definition) is 1. The van der Waals surface area contributed by atoms with E-state index < -0.39 is 12.1 Å². The third-order valence-electron chi connectivity index (χ3n) is 1.29. The van der Waals surface area contributed by atoms with Crippen LogP contribution >= 0.6 is 0 Å². The van der Waals surface area contributed by atoms with Gasteiger partial charge >= 0.3 is 12.1 Å². The van der Waals surface area contributed by atoms with Gasteiger partial charge in [0.25, 0.3) is 0 Å². The van der Waals surface area contributed by atoms with Gasteiger partial charge < -0.3 is 14.6 Å². The Morgan fingerprint density at radius 1 is 1.07 bits per heavy atom. The molecule has 1 rings (SSSR count). The normalized spacial score (nSPS) is 9.21. The first kappa shape index (κ1) is 10.0. The topological polar surface area (TPSA) is 72.8 Å². The zero-order valence-corrected chi connectivity index (χ0v) is 7.39. The van der Waals surface area contributed by atoms with Crippen molar-refractivity contribution in [1.82, 2.24) is 0 Å². The Kier molecular flexibility index (Phi) is 3.06. The van der Waals surface area contributed by atoms with Gasteiger partial charge in [0.2, 0.25) is 0 Å². The highest BCUT2D eigenvalue weighted by atomic mass is 16.7. The zero-order chi connectivity index (χ0) is 10.6. The smallest absolute Gasteiger partial charge is 0.449 e. The lowest BCUT2D eigenvalue weighted by atomic mass is 10.3. The molecule has 0 saturated carbocycles. The molecule has 0 atom stereocenters. The van der Waals surface area contributed by atoms with Gasteiger partial charge in [-0.25, -0.2) is 4.79 Å². The van der Waals surface area contributed by atoms with Gasteiger partial charge in [0.05, 0.1) is 0 Å². The summed E-state index contributed by atoms with van der Waals surface area (Å²) >= 11 is 0. The van der Waals surface area contributed by atoms with Crippen molar-refractivity contribution in [2.24, 2.45) is 0 Å². The van der Waals surface area contributed by atoms with Gasteiger partial charge in [-0.2, -0.15) is 0 Å². The fourth-order valence-electron chi connectivity index (χ4n) is 0.843. The summed E-state index contributed by atoms with van der Waals surface area (Å²) in [4.78, 5) is 20.7. The van der Waals surface area contributed by atoms with Crippen LogP contribution in [0.2, 0.25) is 0 Å². The van der Waals surface area contributed by atoms with E-state index in [-0.39, 0.29) is 5.75 Å². The monoisotopic (exact) mass is 196 g/mol. The Morgan fingerprint density at radius 2 is 1.50 bits per heavy atom. The minimum atomic E-state index is -1.38. The fourth-order valence-corrected chi connectivity index (χ4v) is 0.843. The molecule has 0 aliphatic carbocycles. The van der Waals surface area contributed by atoms with Crippen LogP contribution in [0.25, 0.3) is 0 Å². The van der Waals surface area contributed by atoms with Gasteiger partial charge in [-0.05, 0) is 24.3 Å². The number of carbonyl (C=O) groups is 2. The Morgan fingerprint density at radius 3 is 1.86 bits per heavy atom. The van der Waals surface area contributed by atoms with E-state index >= 15 is 0 Å². The number of carbonyl (C=O) groups excluding carboxylic acids is 1. The maximum Gasteiger partial charge on any atom is 0.511 e. The van der Waals surface area contributed by atoms with Crippen LogP contribution < -0.4 is 9.47 Å². The standard InChI is InChI=1S/C9H8O5/c1-6(10)13-7-2-4-8(5-3-7)14-9(11)12/h2-5H,1H3,(H,11,12). The number of carboxylic acid groups (broad SMARTS) is 1. The molecule has 0 radical (unpaired) electrons. The van der Waals surface area contributed by atoms with Crippen molar-refractivity contribution >= 4 is 12.1 Å². The van der Waals surface area contributed by atoms with Crippen molar-refractivity contribution in [3.8, 4) is 11.5 Å². The third kappa shape index (κ3) is 3.14. The van der Waals surface area contributed by atoms with Crippen molar-refractivity contribution < 1.29 is 24.2 Å². The molecule has 0 unspecified atom stereocenters. The minimum Gasteiger partial charge on any atom is -0.449 e. The molecule has 5 nitrogen and oxygen atoms in total. The van der Waals surface area contributed by atoms with E-state index in [0.717, 1.165) is 0 Å². The average Bonchev–Trinajstić information content (AvgIpc) is 2.06. The molecule has 0 amide bonds. The zero-order valence-electron chi connectivity index (χ0n) is 7.39. The van der Waals surface area contributed by atoms with Crippen LogP contribution in [0.3, 0.4) is 0 Å². The van der Waals surface area contributed by atoms with Gasteiger partial charge in [-0.15, -0.1) is 0 Å². The molecule has 1 aromatic carbocycles. The van der Waals surface area contributed by atoms with E-state index in [1.54, 1.807) is 0 Å². The van der Waals surface area contributed by atoms with Gasteiger partial charge in [-0.3, -0.25) is 4.79 Å². The van der Waals surface area contributed by atoms with Crippen LogP contribution in [0.15, 0.2) is 24.3 Å². The Bertz CT molecular complexity index is 306. The SMILES string of the molecule is CC(=O)Oc1ccc(OC(=O)O)cc1. The van der Waals surface area contributed by atoms with Crippen molar-refractivity contribution in [2.45, 2.75) is 6.92 Å². The molecule has 14 heavy (non-hydrogen) atoms. The van der Waals surface area contributed by atoms with Gasteiger partial charge in [-0.1, -0.05) is 0 Å². The van der Waals surface area contributed by atoms with Crippen molar-refractivity contribution in [1.29, 1.82) is 0 Å². The molecule has 0 aromatic heterocycles. The summed E-state index contributed by atoms with van der Waals surface area (Å²) in [6.07, 6.45) is -1.38. The van der Waals surface area contributed by atoms with Gasteiger partial charge in [0, 0.05) is 6.92 Å². The number of esters is 1. The van der Waals surface area contributed by atoms with E-state index in [4.69, 9.17) is 9.84 Å². The van der Waals surface area contributed by atoms with Crippen LogP contribution in [-0.4, -0.2) is 17.2 Å². The Balaban J connectivity index is 2.68. The first-order chi connectivity index (χ1) is 6.58. The second-order valence-electron chi connectivity index (χ2n) is 2.43. The molecule has 0 aliphatic heterocycles. The predicted molar refractivity (Wildman–Crippen MR) is 46.4 cm³/mol.